The molecule has 2 aromatic carbocycles. The lowest BCUT2D eigenvalue weighted by atomic mass is 10.1. The number of nitro benzene ring substituents is 1. The molecule has 2 heterocycles. The number of carbonyl (C=O) groups excluding carboxylic acids is 2. The van der Waals surface area contributed by atoms with Crippen LogP contribution < -0.4 is 15.1 Å². The summed E-state index contributed by atoms with van der Waals surface area (Å²) in [7, 11) is 3.35. The molecule has 0 unspecified atom stereocenters. The monoisotopic (exact) mass is 483 g/mol. The predicted molar refractivity (Wildman–Crippen MR) is 132 cm³/mol. The van der Waals surface area contributed by atoms with Crippen molar-refractivity contribution in [2.45, 2.75) is 0 Å². The van der Waals surface area contributed by atoms with Crippen molar-refractivity contribution in [3.8, 4) is 0 Å². The largest absolute Gasteiger partial charge is 0.465 e. The van der Waals surface area contributed by atoms with Crippen molar-refractivity contribution < 1.29 is 24.0 Å². The van der Waals surface area contributed by atoms with Crippen LogP contribution in [0.15, 0.2) is 36.4 Å². The molecule has 4 rings (SSSR count). The summed E-state index contributed by atoms with van der Waals surface area (Å²) in [6, 6.07) is 9.50. The van der Waals surface area contributed by atoms with Gasteiger partial charge in [-0.1, -0.05) is 0 Å². The fourth-order valence-corrected chi connectivity index (χ4v) is 4.28. The van der Waals surface area contributed by atoms with E-state index in [1.165, 1.54) is 13.2 Å². The fourth-order valence-electron chi connectivity index (χ4n) is 4.28. The van der Waals surface area contributed by atoms with Gasteiger partial charge in [-0.15, -0.1) is 0 Å². The van der Waals surface area contributed by atoms with Gasteiger partial charge in [0.15, 0.2) is 0 Å². The molecule has 0 saturated carbocycles. The van der Waals surface area contributed by atoms with Crippen LogP contribution in [0.3, 0.4) is 0 Å². The first-order chi connectivity index (χ1) is 16.9. The van der Waals surface area contributed by atoms with Gasteiger partial charge in [-0.3, -0.25) is 14.9 Å². The molecule has 2 aliphatic heterocycles. The second kappa shape index (κ2) is 10.7. The van der Waals surface area contributed by atoms with Gasteiger partial charge in [0, 0.05) is 50.9 Å². The third-order valence-corrected chi connectivity index (χ3v) is 6.30. The number of carbonyl (C=O) groups is 2. The summed E-state index contributed by atoms with van der Waals surface area (Å²) < 4.78 is 10.2. The molecule has 35 heavy (non-hydrogen) atoms. The molecular weight excluding hydrogens is 454 g/mol. The number of morpholine rings is 1. The number of likely N-dealkylation sites (N-methyl/N-ethyl adjacent to an activating group) is 1. The van der Waals surface area contributed by atoms with E-state index in [1.807, 2.05) is 11.9 Å². The maximum absolute atomic E-state index is 13.2. The predicted octanol–water partition coefficient (Wildman–Crippen LogP) is 2.22. The van der Waals surface area contributed by atoms with E-state index in [0.717, 1.165) is 31.9 Å². The Hall–Kier alpha value is -3.70. The minimum atomic E-state index is -0.518. The van der Waals surface area contributed by atoms with E-state index in [2.05, 4.69) is 15.1 Å². The van der Waals surface area contributed by atoms with Crippen LogP contribution in [0.5, 0.6) is 0 Å². The first kappa shape index (κ1) is 24.4. The summed E-state index contributed by atoms with van der Waals surface area (Å²) >= 11 is 0. The molecule has 2 aromatic rings. The van der Waals surface area contributed by atoms with Gasteiger partial charge in [0.25, 0.3) is 11.6 Å². The lowest BCUT2D eigenvalue weighted by Crippen LogP contribution is -2.44. The van der Waals surface area contributed by atoms with E-state index < -0.39 is 16.8 Å². The number of amides is 1. The fraction of sp³-hybridized carbons (Fsp3) is 0.417. The number of hydrogen-bond acceptors (Lipinski definition) is 9. The molecule has 1 amide bonds. The van der Waals surface area contributed by atoms with E-state index >= 15 is 0 Å². The molecule has 1 N–H and O–H groups in total. The highest BCUT2D eigenvalue weighted by Gasteiger charge is 2.25. The molecule has 186 valence electrons. The Kier molecular flexibility index (Phi) is 7.47. The average Bonchev–Trinajstić information content (AvgIpc) is 2.89. The maximum Gasteiger partial charge on any atom is 0.337 e. The van der Waals surface area contributed by atoms with Gasteiger partial charge in [0.1, 0.15) is 5.69 Å². The topological polar surface area (TPSA) is 117 Å². The van der Waals surface area contributed by atoms with Crippen molar-refractivity contribution in [3.63, 3.8) is 0 Å². The Morgan fingerprint density at radius 3 is 2.23 bits per heavy atom. The summed E-state index contributed by atoms with van der Waals surface area (Å²) in [5.41, 5.74) is 2.00. The lowest BCUT2D eigenvalue weighted by molar-refractivity contribution is -0.384. The van der Waals surface area contributed by atoms with Crippen molar-refractivity contribution in [3.05, 3.63) is 57.6 Å². The van der Waals surface area contributed by atoms with E-state index in [1.54, 1.807) is 30.3 Å². The molecule has 11 nitrogen and oxygen atoms in total. The van der Waals surface area contributed by atoms with E-state index in [-0.39, 0.29) is 11.3 Å². The Balaban J connectivity index is 1.63. The minimum absolute atomic E-state index is 0.137. The molecule has 2 aliphatic rings. The molecule has 2 fully saturated rings. The smallest absolute Gasteiger partial charge is 0.337 e. The highest BCUT2D eigenvalue weighted by atomic mass is 16.6. The number of piperazine rings is 1. The summed E-state index contributed by atoms with van der Waals surface area (Å²) in [4.78, 5) is 42.9. The SMILES string of the molecule is COC(=O)c1ccc(N2CCN(C)CC2)c(NC(=O)c2ccc(N3CCOCC3)c([N+](=O)[O-])c2)c1. The van der Waals surface area contributed by atoms with Gasteiger partial charge in [-0.2, -0.15) is 0 Å². The molecule has 0 aliphatic carbocycles. The van der Waals surface area contributed by atoms with Crippen molar-refractivity contribution in [2.24, 2.45) is 0 Å². The van der Waals surface area contributed by atoms with Crippen molar-refractivity contribution >= 4 is 34.6 Å². The average molecular weight is 484 g/mol. The number of anilines is 3. The molecule has 0 bridgehead atoms. The zero-order chi connectivity index (χ0) is 24.9. The number of nitrogens with one attached hydrogen (secondary N) is 1. The zero-order valence-corrected chi connectivity index (χ0v) is 19.9. The Morgan fingerprint density at radius 1 is 0.943 bits per heavy atom. The second-order valence-electron chi connectivity index (χ2n) is 8.53. The first-order valence-corrected chi connectivity index (χ1v) is 11.5. The number of esters is 1. The number of hydrogen-bond donors (Lipinski definition) is 1. The quantitative estimate of drug-likeness (QED) is 0.375. The molecular formula is C24H29N5O6. The Morgan fingerprint density at radius 2 is 1.57 bits per heavy atom. The highest BCUT2D eigenvalue weighted by Crippen LogP contribution is 2.32. The van der Waals surface area contributed by atoms with Gasteiger partial charge in [-0.05, 0) is 37.4 Å². The van der Waals surface area contributed by atoms with Crippen LogP contribution in [0.1, 0.15) is 20.7 Å². The van der Waals surface area contributed by atoms with Crippen molar-refractivity contribution in [2.75, 3.05) is 81.8 Å². The van der Waals surface area contributed by atoms with Gasteiger partial charge < -0.3 is 29.5 Å². The van der Waals surface area contributed by atoms with Crippen LogP contribution in [-0.4, -0.2) is 88.3 Å². The highest BCUT2D eigenvalue weighted by molar-refractivity contribution is 6.07. The molecule has 0 radical (unpaired) electrons. The number of ether oxygens (including phenoxy) is 2. The normalized spacial score (nSPS) is 16.6. The van der Waals surface area contributed by atoms with E-state index in [9.17, 15) is 19.7 Å². The van der Waals surface area contributed by atoms with E-state index in [0.29, 0.717) is 43.2 Å². The second-order valence-corrected chi connectivity index (χ2v) is 8.53. The molecule has 0 aromatic heterocycles. The number of rotatable bonds is 6. The van der Waals surface area contributed by atoms with Crippen LogP contribution in [0.25, 0.3) is 0 Å². The molecule has 0 atom stereocenters. The summed E-state index contributed by atoms with van der Waals surface area (Å²) in [6.45, 7) is 5.31. The third kappa shape index (κ3) is 5.52. The number of benzene rings is 2. The Bertz CT molecular complexity index is 1110. The number of methoxy groups -OCH3 is 1. The summed E-state index contributed by atoms with van der Waals surface area (Å²) in [5, 5.41) is 14.7. The van der Waals surface area contributed by atoms with Gasteiger partial charge in [-0.25, -0.2) is 4.79 Å². The van der Waals surface area contributed by atoms with Crippen molar-refractivity contribution in [1.29, 1.82) is 0 Å². The molecule has 11 heteroatoms. The van der Waals surface area contributed by atoms with Crippen LogP contribution in [-0.2, 0) is 9.47 Å². The van der Waals surface area contributed by atoms with Gasteiger partial charge in [0.2, 0.25) is 0 Å². The Labute approximate surface area is 203 Å². The molecule has 2 saturated heterocycles. The summed E-state index contributed by atoms with van der Waals surface area (Å²) in [5.74, 6) is -1.02. The maximum atomic E-state index is 13.2. The van der Waals surface area contributed by atoms with Crippen LogP contribution in [0.2, 0.25) is 0 Å². The van der Waals surface area contributed by atoms with Crippen LogP contribution >= 0.6 is 0 Å². The first-order valence-electron chi connectivity index (χ1n) is 11.5. The van der Waals surface area contributed by atoms with Gasteiger partial charge in [0.05, 0.1) is 42.2 Å². The summed E-state index contributed by atoms with van der Waals surface area (Å²) in [6.07, 6.45) is 0. The van der Waals surface area contributed by atoms with Gasteiger partial charge >= 0.3 is 5.97 Å². The van der Waals surface area contributed by atoms with Crippen molar-refractivity contribution in [1.82, 2.24) is 4.90 Å². The van der Waals surface area contributed by atoms with Crippen LogP contribution in [0.4, 0.5) is 22.7 Å². The minimum Gasteiger partial charge on any atom is -0.465 e. The molecule has 0 spiro atoms. The van der Waals surface area contributed by atoms with E-state index in [4.69, 9.17) is 9.47 Å². The van der Waals surface area contributed by atoms with Crippen LogP contribution in [0, 0.1) is 10.1 Å². The zero-order valence-electron chi connectivity index (χ0n) is 19.9. The number of nitrogens with zero attached hydrogens (tertiary/aromatic N) is 4. The number of nitro groups is 1. The lowest BCUT2D eigenvalue weighted by Gasteiger charge is -2.35. The standard InChI is InChI=1S/C24H29N5O6/c1-26-7-9-27(10-8-26)20-5-4-18(24(31)34-2)15-19(20)25-23(30)17-3-6-21(22(16-17)29(32)33)28-11-13-35-14-12-28/h3-6,15-16H,7-14H2,1-2H3,(H,25,30). The third-order valence-electron chi connectivity index (χ3n) is 6.30.